The van der Waals surface area contributed by atoms with Crippen LogP contribution in [0.15, 0.2) is 0 Å². The molecule has 0 spiro atoms. The van der Waals surface area contributed by atoms with Crippen molar-refractivity contribution in [3.63, 3.8) is 0 Å². The van der Waals surface area contributed by atoms with E-state index >= 15 is 0 Å². The van der Waals surface area contributed by atoms with E-state index in [-0.39, 0.29) is 0 Å². The van der Waals surface area contributed by atoms with Gasteiger partial charge in [0.15, 0.2) is 0 Å². The first kappa shape index (κ1) is 8.02. The molecule has 2 nitrogen and oxygen atoms in total. The minimum atomic E-state index is 0.833. The molecule has 0 aromatic carbocycles. The zero-order valence-corrected chi connectivity index (χ0v) is 6.51. The second-order valence-corrected chi connectivity index (χ2v) is 2.81. The van der Waals surface area contributed by atoms with Gasteiger partial charge >= 0.3 is 0 Å². The molecule has 10 heavy (non-hydrogen) atoms. The predicted octanol–water partition coefficient (Wildman–Crippen LogP) is 1.88. The van der Waals surface area contributed by atoms with Gasteiger partial charge in [0.05, 0.1) is 6.61 Å². The van der Waals surface area contributed by atoms with E-state index in [0.29, 0.717) is 0 Å². The number of hydrogen-bond acceptors (Lipinski definition) is 1. The molecule has 1 radical (unpaired) electrons. The van der Waals surface area contributed by atoms with Gasteiger partial charge in [0.1, 0.15) is 0 Å². The van der Waals surface area contributed by atoms with Crippen LogP contribution in [0.3, 0.4) is 0 Å². The monoisotopic (exact) mass is 142 g/mol. The molecule has 0 aromatic heterocycles. The fourth-order valence-electron chi connectivity index (χ4n) is 1.18. The van der Waals surface area contributed by atoms with Gasteiger partial charge in [0.25, 0.3) is 0 Å². The van der Waals surface area contributed by atoms with E-state index < -0.39 is 0 Å². The summed E-state index contributed by atoms with van der Waals surface area (Å²) in [5, 5.41) is 0. The van der Waals surface area contributed by atoms with Crippen LogP contribution in [0.5, 0.6) is 0 Å². The summed E-state index contributed by atoms with van der Waals surface area (Å²) in [7, 11) is 0. The van der Waals surface area contributed by atoms with Crippen LogP contribution in [0.2, 0.25) is 0 Å². The standard InChI is InChI=1S/C8H16NO/c1-2-4-6-8-10-9-7-5-3-1/h1-8H2. The highest BCUT2D eigenvalue weighted by molar-refractivity contribution is 4.47. The van der Waals surface area contributed by atoms with Crippen molar-refractivity contribution in [1.29, 1.82) is 0 Å². The molecule has 0 bridgehead atoms. The number of rotatable bonds is 0. The Balaban J connectivity index is 2.00. The highest BCUT2D eigenvalue weighted by Crippen LogP contribution is 2.06. The van der Waals surface area contributed by atoms with Gasteiger partial charge in [-0.15, -0.1) is 0 Å². The van der Waals surface area contributed by atoms with Gasteiger partial charge in [-0.25, -0.2) is 0 Å². The molecule has 1 heterocycles. The van der Waals surface area contributed by atoms with Crippen LogP contribution in [0.25, 0.3) is 0 Å². The minimum Gasteiger partial charge on any atom is -0.282 e. The first-order valence-electron chi connectivity index (χ1n) is 4.29. The maximum absolute atomic E-state index is 5.04. The summed E-state index contributed by atoms with van der Waals surface area (Å²) in [6.45, 7) is 1.74. The molecule has 0 saturated carbocycles. The Morgan fingerprint density at radius 1 is 0.800 bits per heavy atom. The first-order valence-corrected chi connectivity index (χ1v) is 4.29. The number of nitrogens with zero attached hydrogens (tertiary/aromatic N) is 1. The topological polar surface area (TPSA) is 23.3 Å². The van der Waals surface area contributed by atoms with Crippen LogP contribution in [-0.4, -0.2) is 13.2 Å². The summed E-state index contributed by atoms with van der Waals surface area (Å²) in [6, 6.07) is 0. The summed E-state index contributed by atoms with van der Waals surface area (Å²) < 4.78 is 0. The lowest BCUT2D eigenvalue weighted by Gasteiger charge is -2.06. The molecule has 1 aliphatic heterocycles. The second kappa shape index (κ2) is 5.69. The van der Waals surface area contributed by atoms with Crippen LogP contribution in [0.4, 0.5) is 0 Å². The lowest BCUT2D eigenvalue weighted by molar-refractivity contribution is 0.0278. The fourth-order valence-corrected chi connectivity index (χ4v) is 1.18. The smallest absolute Gasteiger partial charge is 0.0702 e. The Bertz CT molecular complexity index is 42.4. The molecule has 0 aromatic rings. The zero-order chi connectivity index (χ0) is 7.07. The molecule has 0 N–H and O–H groups in total. The third-order valence-corrected chi connectivity index (χ3v) is 1.83. The van der Waals surface area contributed by atoms with E-state index in [9.17, 15) is 0 Å². The summed E-state index contributed by atoms with van der Waals surface area (Å²) in [5.74, 6) is 0. The van der Waals surface area contributed by atoms with Crippen molar-refractivity contribution in [2.75, 3.05) is 13.2 Å². The molecule has 0 unspecified atom stereocenters. The predicted molar refractivity (Wildman–Crippen MR) is 40.7 cm³/mol. The molecule has 0 atom stereocenters. The Hall–Kier alpha value is -0.0800. The second-order valence-electron chi connectivity index (χ2n) is 2.81. The van der Waals surface area contributed by atoms with Gasteiger partial charge in [-0.1, -0.05) is 31.2 Å². The van der Waals surface area contributed by atoms with Crippen molar-refractivity contribution in [2.45, 2.75) is 38.5 Å². The number of hydrogen-bond donors (Lipinski definition) is 0. The van der Waals surface area contributed by atoms with Crippen LogP contribution >= 0.6 is 0 Å². The molecule has 1 saturated heterocycles. The highest BCUT2D eigenvalue weighted by atomic mass is 16.6. The summed E-state index contributed by atoms with van der Waals surface area (Å²) >= 11 is 0. The van der Waals surface area contributed by atoms with Crippen molar-refractivity contribution in [1.82, 2.24) is 5.48 Å². The average molecular weight is 142 g/mol. The van der Waals surface area contributed by atoms with Gasteiger partial charge in [0.2, 0.25) is 0 Å². The normalized spacial score (nSPS) is 24.0. The fraction of sp³-hybridized carbons (Fsp3) is 1.00. The molecule has 2 heteroatoms. The Labute approximate surface area is 62.9 Å². The van der Waals surface area contributed by atoms with Crippen molar-refractivity contribution in [2.24, 2.45) is 0 Å². The molecule has 1 fully saturated rings. The summed E-state index contributed by atoms with van der Waals surface area (Å²) in [4.78, 5) is 5.04. The zero-order valence-electron chi connectivity index (χ0n) is 6.51. The van der Waals surface area contributed by atoms with Crippen molar-refractivity contribution < 1.29 is 4.84 Å². The lowest BCUT2D eigenvalue weighted by Crippen LogP contribution is -2.10. The van der Waals surface area contributed by atoms with Crippen molar-refractivity contribution >= 4 is 0 Å². The largest absolute Gasteiger partial charge is 0.282 e. The summed E-state index contributed by atoms with van der Waals surface area (Å²) in [5.41, 5.74) is 3.93. The van der Waals surface area contributed by atoms with Crippen LogP contribution in [0, 0.1) is 0 Å². The molecular formula is C8H16NO. The van der Waals surface area contributed by atoms with Gasteiger partial charge in [0, 0.05) is 6.54 Å². The van der Waals surface area contributed by atoms with E-state index in [1.165, 1.54) is 38.5 Å². The quantitative estimate of drug-likeness (QED) is 0.506. The first-order chi connectivity index (χ1) is 5.00. The average Bonchev–Trinajstić information content (AvgIpc) is 2.01. The molecule has 1 aliphatic rings. The van der Waals surface area contributed by atoms with E-state index in [1.54, 1.807) is 0 Å². The molecular weight excluding hydrogens is 126 g/mol. The Kier molecular flexibility index (Phi) is 4.56. The molecule has 0 amide bonds. The SMILES string of the molecule is C1CCCCO[N]CCC1. The van der Waals surface area contributed by atoms with Gasteiger partial charge in [-0.3, -0.25) is 4.84 Å². The van der Waals surface area contributed by atoms with Gasteiger partial charge in [-0.2, -0.15) is 0 Å². The Morgan fingerprint density at radius 3 is 2.40 bits per heavy atom. The third-order valence-electron chi connectivity index (χ3n) is 1.83. The van der Waals surface area contributed by atoms with Gasteiger partial charge in [-0.05, 0) is 12.8 Å². The lowest BCUT2D eigenvalue weighted by atomic mass is 10.1. The van der Waals surface area contributed by atoms with E-state index in [2.05, 4.69) is 5.48 Å². The van der Waals surface area contributed by atoms with E-state index in [1.807, 2.05) is 0 Å². The maximum Gasteiger partial charge on any atom is 0.0702 e. The number of hydroxylamine groups is 1. The molecule has 59 valence electrons. The van der Waals surface area contributed by atoms with Crippen molar-refractivity contribution in [3.8, 4) is 0 Å². The van der Waals surface area contributed by atoms with E-state index in [0.717, 1.165) is 13.2 Å². The third kappa shape index (κ3) is 3.85. The van der Waals surface area contributed by atoms with E-state index in [4.69, 9.17) is 4.84 Å². The molecule has 1 rings (SSSR count). The van der Waals surface area contributed by atoms with Crippen LogP contribution in [0.1, 0.15) is 38.5 Å². The van der Waals surface area contributed by atoms with Crippen LogP contribution in [-0.2, 0) is 4.84 Å². The Morgan fingerprint density at radius 2 is 1.50 bits per heavy atom. The summed E-state index contributed by atoms with van der Waals surface area (Å²) in [6.07, 6.45) is 7.80. The van der Waals surface area contributed by atoms with Crippen molar-refractivity contribution in [3.05, 3.63) is 0 Å². The minimum absolute atomic E-state index is 0.833. The highest BCUT2D eigenvalue weighted by Gasteiger charge is 1.96. The van der Waals surface area contributed by atoms with Crippen LogP contribution < -0.4 is 5.48 Å². The van der Waals surface area contributed by atoms with Gasteiger partial charge < -0.3 is 0 Å². The maximum atomic E-state index is 5.04. The molecule has 0 aliphatic carbocycles.